The van der Waals surface area contributed by atoms with Gasteiger partial charge in [-0.1, -0.05) is 39.1 Å². The number of alkyl halides is 1. The highest BCUT2D eigenvalue weighted by Gasteiger charge is 2.21. The third kappa shape index (κ3) is 2.90. The van der Waals surface area contributed by atoms with Crippen molar-refractivity contribution in [2.75, 3.05) is 0 Å². The van der Waals surface area contributed by atoms with E-state index in [1.165, 1.54) is 11.3 Å². The molecule has 0 aliphatic heterocycles. The second kappa shape index (κ2) is 5.75. The highest BCUT2D eigenvalue weighted by Crippen LogP contribution is 2.42. The largest absolute Gasteiger partial charge is 0.207 e. The van der Waals surface area contributed by atoms with Crippen molar-refractivity contribution in [3.63, 3.8) is 0 Å². The molecular formula is C11H4Br2Cl2F2S. The van der Waals surface area contributed by atoms with Crippen LogP contribution in [-0.4, -0.2) is 0 Å². The van der Waals surface area contributed by atoms with Crippen molar-refractivity contribution in [3.05, 3.63) is 54.1 Å². The molecule has 0 fully saturated rings. The van der Waals surface area contributed by atoms with Crippen LogP contribution in [0, 0.1) is 11.6 Å². The van der Waals surface area contributed by atoms with E-state index < -0.39 is 16.5 Å². The second-order valence-electron chi connectivity index (χ2n) is 3.43. The van der Waals surface area contributed by atoms with Crippen molar-refractivity contribution in [3.8, 4) is 0 Å². The van der Waals surface area contributed by atoms with Gasteiger partial charge in [-0.2, -0.15) is 0 Å². The minimum Gasteiger partial charge on any atom is -0.207 e. The van der Waals surface area contributed by atoms with E-state index in [1.54, 1.807) is 6.07 Å². The summed E-state index contributed by atoms with van der Waals surface area (Å²) in [5.74, 6) is -1.06. The van der Waals surface area contributed by atoms with Crippen LogP contribution in [0.25, 0.3) is 0 Å². The van der Waals surface area contributed by atoms with Crippen molar-refractivity contribution in [1.82, 2.24) is 0 Å². The smallest absolute Gasteiger partial charge is 0.137 e. The van der Waals surface area contributed by atoms with E-state index in [0.29, 0.717) is 14.2 Å². The van der Waals surface area contributed by atoms with Gasteiger partial charge in [-0.15, -0.1) is 11.3 Å². The van der Waals surface area contributed by atoms with Gasteiger partial charge in [0.1, 0.15) is 11.6 Å². The van der Waals surface area contributed by atoms with Crippen LogP contribution in [0.15, 0.2) is 22.7 Å². The average molecular weight is 437 g/mol. The highest BCUT2D eigenvalue weighted by atomic mass is 79.9. The van der Waals surface area contributed by atoms with Crippen molar-refractivity contribution in [2.45, 2.75) is 4.83 Å². The number of halogens is 6. The van der Waals surface area contributed by atoms with E-state index in [1.807, 2.05) is 0 Å². The van der Waals surface area contributed by atoms with Crippen LogP contribution in [0.3, 0.4) is 0 Å². The summed E-state index contributed by atoms with van der Waals surface area (Å²) in [6.45, 7) is 0. The average Bonchev–Trinajstić information content (AvgIpc) is 2.62. The summed E-state index contributed by atoms with van der Waals surface area (Å²) in [4.78, 5) is -0.545. The van der Waals surface area contributed by atoms with Gasteiger partial charge in [-0.25, -0.2) is 8.78 Å². The predicted molar refractivity (Wildman–Crippen MR) is 79.2 cm³/mol. The Morgan fingerprint density at radius 3 is 2.28 bits per heavy atom. The Morgan fingerprint density at radius 1 is 1.06 bits per heavy atom. The molecule has 1 aromatic carbocycles. The molecule has 18 heavy (non-hydrogen) atoms. The Hall–Kier alpha value is 0.320. The van der Waals surface area contributed by atoms with Crippen molar-refractivity contribution in [1.29, 1.82) is 0 Å². The zero-order valence-electron chi connectivity index (χ0n) is 8.49. The predicted octanol–water partition coefficient (Wildman–Crippen LogP) is 6.58. The van der Waals surface area contributed by atoms with E-state index in [4.69, 9.17) is 23.2 Å². The standard InChI is InChI=1S/C11H4Br2Cl2F2S/c12-6-3-7(16)4(1-8(6)17)10(13)5-2-9(14)18-11(5)15/h1-3,10H. The van der Waals surface area contributed by atoms with Crippen LogP contribution < -0.4 is 0 Å². The molecule has 2 aromatic rings. The first-order chi connectivity index (χ1) is 8.40. The third-order valence-corrected chi connectivity index (χ3v) is 5.38. The summed E-state index contributed by atoms with van der Waals surface area (Å²) in [5, 5.41) is 0. The number of thiophene rings is 1. The third-order valence-electron chi connectivity index (χ3n) is 2.27. The minimum absolute atomic E-state index is 0.0814. The summed E-state index contributed by atoms with van der Waals surface area (Å²) >= 11 is 19.2. The topological polar surface area (TPSA) is 0 Å². The van der Waals surface area contributed by atoms with Gasteiger partial charge in [-0.05, 0) is 34.1 Å². The molecule has 0 spiro atoms. The summed E-state index contributed by atoms with van der Waals surface area (Å²) in [5.41, 5.74) is 0.791. The van der Waals surface area contributed by atoms with Crippen LogP contribution in [0.2, 0.25) is 8.67 Å². The number of rotatable bonds is 2. The number of benzene rings is 1. The fourth-order valence-corrected chi connectivity index (χ4v) is 4.27. The first kappa shape index (κ1) is 14.7. The summed E-state index contributed by atoms with van der Waals surface area (Å²) in [6, 6.07) is 3.84. The van der Waals surface area contributed by atoms with E-state index in [9.17, 15) is 8.78 Å². The Bertz CT molecular complexity index is 601. The molecule has 0 saturated carbocycles. The number of hydrogen-bond acceptors (Lipinski definition) is 1. The van der Waals surface area contributed by atoms with E-state index in [0.717, 1.165) is 12.1 Å². The molecule has 0 aliphatic rings. The fraction of sp³-hybridized carbons (Fsp3) is 0.0909. The Balaban J connectivity index is 2.49. The van der Waals surface area contributed by atoms with Crippen LogP contribution in [0.1, 0.15) is 16.0 Å². The molecule has 7 heteroatoms. The molecule has 0 aliphatic carbocycles. The van der Waals surface area contributed by atoms with Crippen molar-refractivity contribution < 1.29 is 8.78 Å². The Morgan fingerprint density at radius 2 is 1.72 bits per heavy atom. The summed E-state index contributed by atoms with van der Waals surface area (Å²) < 4.78 is 28.3. The van der Waals surface area contributed by atoms with Gasteiger partial charge in [0.05, 0.1) is 18.0 Å². The van der Waals surface area contributed by atoms with E-state index in [-0.39, 0.29) is 10.0 Å². The molecule has 0 radical (unpaired) electrons. The summed E-state index contributed by atoms with van der Waals surface area (Å²) in [6.07, 6.45) is 0. The molecule has 0 saturated heterocycles. The molecule has 0 bridgehead atoms. The zero-order chi connectivity index (χ0) is 13.4. The molecular weight excluding hydrogens is 433 g/mol. The van der Waals surface area contributed by atoms with E-state index >= 15 is 0 Å². The second-order valence-corrected chi connectivity index (χ2v) is 7.49. The normalized spacial score (nSPS) is 12.8. The first-order valence-corrected chi connectivity index (χ1v) is 7.91. The maximum Gasteiger partial charge on any atom is 0.137 e. The SMILES string of the molecule is Fc1cc(C(Br)c2cc(Cl)sc2Cl)c(F)cc1Br. The van der Waals surface area contributed by atoms with E-state index in [2.05, 4.69) is 31.9 Å². The monoisotopic (exact) mass is 434 g/mol. The summed E-state index contributed by atoms with van der Waals surface area (Å²) in [7, 11) is 0. The van der Waals surface area contributed by atoms with Crippen molar-refractivity contribution in [2.24, 2.45) is 0 Å². The molecule has 1 heterocycles. The lowest BCUT2D eigenvalue weighted by Gasteiger charge is -2.11. The van der Waals surface area contributed by atoms with Gasteiger partial charge in [0.15, 0.2) is 0 Å². The lowest BCUT2D eigenvalue weighted by molar-refractivity contribution is 0.583. The Labute approximate surface area is 133 Å². The van der Waals surface area contributed by atoms with Gasteiger partial charge in [0, 0.05) is 11.1 Å². The first-order valence-electron chi connectivity index (χ1n) is 4.63. The van der Waals surface area contributed by atoms with Crippen LogP contribution >= 0.6 is 66.4 Å². The lowest BCUT2D eigenvalue weighted by Crippen LogP contribution is -1.97. The maximum absolute atomic E-state index is 13.8. The molecule has 96 valence electrons. The molecule has 1 aromatic heterocycles. The van der Waals surface area contributed by atoms with Gasteiger partial charge in [0.25, 0.3) is 0 Å². The molecule has 0 N–H and O–H groups in total. The molecule has 1 atom stereocenters. The highest BCUT2D eigenvalue weighted by molar-refractivity contribution is 9.10. The molecule has 0 amide bonds. The Kier molecular flexibility index (Phi) is 4.70. The van der Waals surface area contributed by atoms with Crippen LogP contribution in [-0.2, 0) is 0 Å². The van der Waals surface area contributed by atoms with Gasteiger partial charge in [0.2, 0.25) is 0 Å². The van der Waals surface area contributed by atoms with Gasteiger partial charge in [-0.3, -0.25) is 0 Å². The van der Waals surface area contributed by atoms with Crippen LogP contribution in [0.4, 0.5) is 8.78 Å². The molecule has 1 unspecified atom stereocenters. The van der Waals surface area contributed by atoms with Gasteiger partial charge >= 0.3 is 0 Å². The fourth-order valence-electron chi connectivity index (χ4n) is 1.43. The zero-order valence-corrected chi connectivity index (χ0v) is 14.0. The quantitative estimate of drug-likeness (QED) is 0.368. The van der Waals surface area contributed by atoms with Crippen molar-refractivity contribution >= 4 is 66.4 Å². The molecule has 2 rings (SSSR count). The minimum atomic E-state index is -0.545. The van der Waals surface area contributed by atoms with Gasteiger partial charge < -0.3 is 0 Å². The lowest BCUT2D eigenvalue weighted by atomic mass is 10.1. The molecule has 0 nitrogen and oxygen atoms in total. The number of hydrogen-bond donors (Lipinski definition) is 0. The van der Waals surface area contributed by atoms with Crippen LogP contribution in [0.5, 0.6) is 0 Å². The maximum atomic E-state index is 13.8.